The molecule has 106 valence electrons. The van der Waals surface area contributed by atoms with Gasteiger partial charge >= 0.3 is 0 Å². The van der Waals surface area contributed by atoms with Crippen LogP contribution >= 0.6 is 0 Å². The number of hydrogen-bond acceptors (Lipinski definition) is 2. The molecule has 0 fully saturated rings. The van der Waals surface area contributed by atoms with Crippen molar-refractivity contribution in [3.63, 3.8) is 0 Å². The van der Waals surface area contributed by atoms with Gasteiger partial charge in [-0.3, -0.25) is 9.47 Å². The number of ether oxygens (including phenoxy) is 1. The number of quaternary nitrogens is 1. The number of likely N-dealkylation sites (N-methyl/N-ethyl adjacent to an activating group) is 1. The van der Waals surface area contributed by atoms with E-state index in [1.807, 2.05) is 36.7 Å². The van der Waals surface area contributed by atoms with Crippen molar-refractivity contribution in [1.29, 1.82) is 0 Å². The summed E-state index contributed by atoms with van der Waals surface area (Å²) >= 11 is 0. The van der Waals surface area contributed by atoms with Crippen LogP contribution in [0.3, 0.4) is 0 Å². The van der Waals surface area contributed by atoms with Crippen molar-refractivity contribution < 1.29 is 4.74 Å². The Morgan fingerprint density at radius 1 is 1.05 bits per heavy atom. The third-order valence-corrected chi connectivity index (χ3v) is 3.95. The first-order valence-electron chi connectivity index (χ1n) is 7.01. The highest BCUT2D eigenvalue weighted by atomic mass is 16.5. The molecule has 0 N–H and O–H groups in total. The molecule has 2 aromatic rings. The number of pyridine rings is 1. The van der Waals surface area contributed by atoms with Crippen molar-refractivity contribution in [1.82, 2.24) is 9.47 Å². The van der Waals surface area contributed by atoms with Gasteiger partial charge in [0, 0.05) is 24.5 Å². The average Bonchev–Trinajstić information content (AvgIpc) is 2.56. The van der Waals surface area contributed by atoms with E-state index in [4.69, 9.17) is 4.74 Å². The van der Waals surface area contributed by atoms with E-state index in [1.54, 1.807) is 7.11 Å². The minimum absolute atomic E-state index is 0.762. The molecule has 1 aromatic heterocycles. The minimum atomic E-state index is 0.762. The number of hydrogen-bond donors (Lipinski definition) is 0. The molecule has 3 rings (SSSR count). The van der Waals surface area contributed by atoms with Crippen molar-refractivity contribution >= 4 is 11.3 Å². The summed E-state index contributed by atoms with van der Waals surface area (Å²) in [6, 6.07) is 12.3. The zero-order valence-corrected chi connectivity index (χ0v) is 12.4. The molecule has 1 aliphatic heterocycles. The summed E-state index contributed by atoms with van der Waals surface area (Å²) in [5.41, 5.74) is 3.71. The summed E-state index contributed by atoms with van der Waals surface area (Å²) in [5, 5.41) is 0. The van der Waals surface area contributed by atoms with Gasteiger partial charge in [-0.05, 0) is 47.6 Å². The van der Waals surface area contributed by atoms with Crippen molar-refractivity contribution in [3.05, 3.63) is 72.7 Å². The Morgan fingerprint density at radius 2 is 1.76 bits per heavy atom. The zero-order valence-electron chi connectivity index (χ0n) is 12.4. The molecule has 21 heavy (non-hydrogen) atoms. The molecular formula is C18H19N2O+. The molecular weight excluding hydrogens is 260 g/mol. The molecule has 3 nitrogen and oxygen atoms in total. The lowest BCUT2D eigenvalue weighted by Gasteiger charge is -2.31. The maximum absolute atomic E-state index is 5.22. The molecule has 0 aliphatic carbocycles. The van der Waals surface area contributed by atoms with Crippen molar-refractivity contribution in [2.24, 2.45) is 0 Å². The maximum Gasteiger partial charge on any atom is 0.137 e. The first kappa shape index (κ1) is 13.6. The van der Waals surface area contributed by atoms with Crippen molar-refractivity contribution in [2.45, 2.75) is 0 Å². The number of rotatable bonds is 3. The van der Waals surface area contributed by atoms with Gasteiger partial charge in [-0.1, -0.05) is 0 Å². The fourth-order valence-corrected chi connectivity index (χ4v) is 2.53. The summed E-state index contributed by atoms with van der Waals surface area (Å²) in [7, 11) is 3.90. The Morgan fingerprint density at radius 3 is 2.33 bits per heavy atom. The zero-order chi connectivity index (χ0) is 14.7. The van der Waals surface area contributed by atoms with Crippen LogP contribution in [0.2, 0.25) is 0 Å². The van der Waals surface area contributed by atoms with E-state index >= 15 is 0 Å². The van der Waals surface area contributed by atoms with Crippen LogP contribution in [0.5, 0.6) is 5.75 Å². The highest BCUT2D eigenvalue weighted by molar-refractivity contribution is 5.75. The topological polar surface area (TPSA) is 22.1 Å². The number of aromatic nitrogens is 1. The summed E-state index contributed by atoms with van der Waals surface area (Å²) in [5.74, 6) is 0.888. The number of methoxy groups -OCH3 is 1. The van der Waals surface area contributed by atoms with Gasteiger partial charge in [0.05, 0.1) is 14.2 Å². The molecule has 1 aliphatic rings. The van der Waals surface area contributed by atoms with Gasteiger partial charge in [-0.2, -0.15) is 0 Å². The molecule has 0 amide bonds. The summed E-state index contributed by atoms with van der Waals surface area (Å²) < 4.78 is 5.98. The van der Waals surface area contributed by atoms with E-state index in [9.17, 15) is 0 Å². The second kappa shape index (κ2) is 5.54. The van der Waals surface area contributed by atoms with Crippen LogP contribution in [-0.4, -0.2) is 25.7 Å². The second-order valence-corrected chi connectivity index (χ2v) is 5.36. The Hall–Kier alpha value is -2.39. The first-order valence-corrected chi connectivity index (χ1v) is 7.01. The summed E-state index contributed by atoms with van der Waals surface area (Å²) in [4.78, 5) is 4.07. The van der Waals surface area contributed by atoms with Crippen LogP contribution in [0.15, 0.2) is 67.1 Å². The third-order valence-electron chi connectivity index (χ3n) is 3.95. The monoisotopic (exact) mass is 279 g/mol. The highest BCUT2D eigenvalue weighted by Gasteiger charge is 2.24. The first-order chi connectivity index (χ1) is 10.2. The molecule has 1 atom stereocenters. The fourth-order valence-electron chi connectivity index (χ4n) is 2.53. The maximum atomic E-state index is 5.22. The van der Waals surface area contributed by atoms with Gasteiger partial charge in [0.1, 0.15) is 24.2 Å². The van der Waals surface area contributed by atoms with Gasteiger partial charge in [0.25, 0.3) is 0 Å². The Balaban J connectivity index is 1.83. The molecule has 0 bridgehead atoms. The molecule has 1 aromatic carbocycles. The Labute approximate surface area is 125 Å². The Bertz CT molecular complexity index is 674. The molecule has 0 saturated heterocycles. The minimum Gasteiger partial charge on any atom is -0.497 e. The van der Waals surface area contributed by atoms with E-state index in [0.29, 0.717) is 0 Å². The average molecular weight is 279 g/mol. The largest absolute Gasteiger partial charge is 0.497 e. The smallest absolute Gasteiger partial charge is 0.137 e. The van der Waals surface area contributed by atoms with E-state index < -0.39 is 0 Å². The van der Waals surface area contributed by atoms with E-state index in [0.717, 1.165) is 16.8 Å². The fraction of sp³-hybridized carbons (Fsp3) is 0.167. The molecule has 2 heterocycles. The molecule has 0 radical (unpaired) electrons. The van der Waals surface area contributed by atoms with Gasteiger partial charge in [-0.15, -0.1) is 0 Å². The summed E-state index contributed by atoms with van der Waals surface area (Å²) in [6.45, 7) is 0.931. The van der Waals surface area contributed by atoms with Crippen molar-refractivity contribution in [2.75, 3.05) is 20.7 Å². The van der Waals surface area contributed by atoms with E-state index in [-0.39, 0.29) is 0 Å². The van der Waals surface area contributed by atoms with Crippen LogP contribution < -0.4 is 9.22 Å². The second-order valence-electron chi connectivity index (χ2n) is 5.36. The molecule has 0 spiro atoms. The van der Waals surface area contributed by atoms with Crippen LogP contribution in [0, 0.1) is 0 Å². The van der Waals surface area contributed by atoms with Crippen LogP contribution in [0.1, 0.15) is 5.56 Å². The SMILES string of the molecule is COc1ccc([N+]2(C)C=CC(c3ccncc3)=CC2)cc1. The standard InChI is InChI=1S/C18H19N2O/c1-20(17-3-5-18(21-2)6-4-17)13-9-16(10-14-20)15-7-11-19-12-8-15/h3-13H,14H2,1-2H3/q+1. The van der Waals surface area contributed by atoms with Gasteiger partial charge < -0.3 is 4.74 Å². The highest BCUT2D eigenvalue weighted by Crippen LogP contribution is 2.29. The molecule has 3 heteroatoms. The quantitative estimate of drug-likeness (QED) is 0.800. The van der Waals surface area contributed by atoms with Gasteiger partial charge in [0.2, 0.25) is 0 Å². The molecule has 0 saturated carbocycles. The lowest BCUT2D eigenvalue weighted by molar-refractivity contribution is 0.413. The predicted molar refractivity (Wildman–Crippen MR) is 86.9 cm³/mol. The third kappa shape index (κ3) is 2.73. The lowest BCUT2D eigenvalue weighted by atomic mass is 10.0. The number of allylic oxidation sites excluding steroid dienone is 2. The van der Waals surface area contributed by atoms with E-state index in [2.05, 4.69) is 42.5 Å². The number of benzene rings is 1. The normalized spacial score (nSPS) is 21.0. The number of nitrogens with zero attached hydrogens (tertiary/aromatic N) is 2. The van der Waals surface area contributed by atoms with Crippen molar-refractivity contribution in [3.8, 4) is 5.75 Å². The summed E-state index contributed by atoms with van der Waals surface area (Å²) in [6.07, 6.45) is 10.4. The van der Waals surface area contributed by atoms with Gasteiger partial charge in [-0.25, -0.2) is 0 Å². The van der Waals surface area contributed by atoms with Crippen LogP contribution in [0.25, 0.3) is 5.57 Å². The van der Waals surface area contributed by atoms with Crippen LogP contribution in [-0.2, 0) is 0 Å². The van der Waals surface area contributed by atoms with E-state index in [1.165, 1.54) is 16.8 Å². The lowest BCUT2D eigenvalue weighted by Crippen LogP contribution is -2.40. The Kier molecular flexibility index (Phi) is 3.59. The predicted octanol–water partition coefficient (Wildman–Crippen LogP) is 3.64. The molecule has 1 unspecified atom stereocenters. The van der Waals surface area contributed by atoms with Crippen LogP contribution in [0.4, 0.5) is 5.69 Å². The van der Waals surface area contributed by atoms with Gasteiger partial charge in [0.15, 0.2) is 0 Å².